The van der Waals surface area contributed by atoms with Crippen LogP contribution in [0.5, 0.6) is 0 Å². The third-order valence-corrected chi connectivity index (χ3v) is 8.35. The molecule has 1 aliphatic carbocycles. The standard InChI is InChI=1S/C26H26N6O4/c1-31-24(35)30-23(34)26(31)8-14-6-17-18(7-15(14)9-26)28-20(27-17)11-32-12-25(13-36-2)10-21(33)29-16-4-3-5-19(32)22(16)25/h3-7H,8-13H2,1-2H3,(H,27,28)(H,29,33)(H,30,34,35). The Kier molecular flexibility index (Phi) is 4.20. The summed E-state index contributed by atoms with van der Waals surface area (Å²) in [5.41, 5.74) is 5.71. The second-order valence-corrected chi connectivity index (χ2v) is 10.5. The lowest BCUT2D eigenvalue weighted by Crippen LogP contribution is -2.48. The number of carbonyl (C=O) groups excluding carboxylic acids is 3. The molecule has 3 aliphatic heterocycles. The number of urea groups is 1. The van der Waals surface area contributed by atoms with Gasteiger partial charge in [-0.25, -0.2) is 9.78 Å². The lowest BCUT2D eigenvalue weighted by atomic mass is 9.76. The van der Waals surface area contributed by atoms with Gasteiger partial charge in [-0.15, -0.1) is 0 Å². The monoisotopic (exact) mass is 486 g/mol. The largest absolute Gasteiger partial charge is 0.384 e. The van der Waals surface area contributed by atoms with Crippen molar-refractivity contribution in [1.29, 1.82) is 0 Å². The van der Waals surface area contributed by atoms with Gasteiger partial charge in [0.05, 0.1) is 24.2 Å². The summed E-state index contributed by atoms with van der Waals surface area (Å²) in [5, 5.41) is 5.46. The van der Waals surface area contributed by atoms with E-state index in [4.69, 9.17) is 9.72 Å². The van der Waals surface area contributed by atoms with Crippen molar-refractivity contribution < 1.29 is 19.1 Å². The molecule has 1 saturated heterocycles. The van der Waals surface area contributed by atoms with E-state index in [9.17, 15) is 14.4 Å². The van der Waals surface area contributed by atoms with Gasteiger partial charge in [0.25, 0.3) is 5.91 Å². The van der Waals surface area contributed by atoms with E-state index in [1.54, 1.807) is 14.2 Å². The molecule has 0 bridgehead atoms. The molecule has 184 valence electrons. The first-order valence-electron chi connectivity index (χ1n) is 12.1. The number of rotatable bonds is 4. The number of hydrogen-bond acceptors (Lipinski definition) is 6. The summed E-state index contributed by atoms with van der Waals surface area (Å²) in [6, 6.07) is 9.75. The van der Waals surface area contributed by atoms with Gasteiger partial charge < -0.3 is 24.8 Å². The Bertz CT molecular complexity index is 1450. The predicted molar refractivity (Wildman–Crippen MR) is 132 cm³/mol. The smallest absolute Gasteiger partial charge is 0.324 e. The second kappa shape index (κ2) is 7.07. The van der Waals surface area contributed by atoms with Crippen LogP contribution in [0.2, 0.25) is 0 Å². The molecular formula is C26H26N6O4. The van der Waals surface area contributed by atoms with Crippen molar-refractivity contribution >= 4 is 40.3 Å². The molecule has 36 heavy (non-hydrogen) atoms. The van der Waals surface area contributed by atoms with Gasteiger partial charge >= 0.3 is 6.03 Å². The van der Waals surface area contributed by atoms with Gasteiger partial charge in [-0.1, -0.05) is 6.07 Å². The number of benzene rings is 2. The first-order chi connectivity index (χ1) is 17.3. The first kappa shape index (κ1) is 21.4. The van der Waals surface area contributed by atoms with E-state index in [1.807, 2.05) is 18.2 Å². The van der Waals surface area contributed by atoms with E-state index >= 15 is 0 Å². The number of aromatic nitrogens is 2. The van der Waals surface area contributed by atoms with Gasteiger partial charge in [0.15, 0.2) is 0 Å². The first-order valence-corrected chi connectivity index (χ1v) is 12.1. The SMILES string of the molecule is COCC12CC(=O)Nc3cccc(c31)N(Cc1nc3cc4c(cc3[nH]1)CC1(C4)C(=O)NC(=O)N1C)C2. The Morgan fingerprint density at radius 3 is 2.64 bits per heavy atom. The van der Waals surface area contributed by atoms with E-state index in [0.717, 1.165) is 44.9 Å². The summed E-state index contributed by atoms with van der Waals surface area (Å²) in [4.78, 5) is 49.3. The minimum atomic E-state index is -0.847. The molecule has 10 heteroatoms. The molecule has 0 radical (unpaired) electrons. The van der Waals surface area contributed by atoms with E-state index < -0.39 is 5.54 Å². The Balaban J connectivity index is 1.20. The zero-order valence-corrected chi connectivity index (χ0v) is 20.1. The highest BCUT2D eigenvalue weighted by atomic mass is 16.5. The summed E-state index contributed by atoms with van der Waals surface area (Å²) in [6.07, 6.45) is 1.36. The van der Waals surface area contributed by atoms with Crippen LogP contribution < -0.4 is 15.5 Å². The Morgan fingerprint density at radius 1 is 1.08 bits per heavy atom. The number of ether oxygens (including phenoxy) is 1. The van der Waals surface area contributed by atoms with Gasteiger partial charge in [0.1, 0.15) is 11.4 Å². The number of hydrogen-bond donors (Lipinski definition) is 3. The maximum absolute atomic E-state index is 12.6. The maximum Gasteiger partial charge on any atom is 0.324 e. The molecule has 4 amide bonds. The van der Waals surface area contributed by atoms with Crippen LogP contribution in [-0.2, 0) is 39.1 Å². The Labute approximate surface area is 207 Å². The van der Waals surface area contributed by atoms with Crippen LogP contribution in [0.1, 0.15) is 28.9 Å². The summed E-state index contributed by atoms with van der Waals surface area (Å²) < 4.78 is 5.58. The number of nitrogens with one attached hydrogen (secondary N) is 3. The van der Waals surface area contributed by atoms with Crippen LogP contribution in [-0.4, -0.2) is 65.6 Å². The molecule has 3 N–H and O–H groups in total. The summed E-state index contributed by atoms with van der Waals surface area (Å²) in [5.74, 6) is 0.607. The molecule has 4 heterocycles. The van der Waals surface area contributed by atoms with Crippen molar-refractivity contribution in [3.63, 3.8) is 0 Å². The zero-order chi connectivity index (χ0) is 24.8. The Morgan fingerprint density at radius 2 is 1.89 bits per heavy atom. The van der Waals surface area contributed by atoms with Gasteiger partial charge in [0.2, 0.25) is 5.91 Å². The van der Waals surface area contributed by atoms with Crippen molar-refractivity contribution in [1.82, 2.24) is 20.2 Å². The highest BCUT2D eigenvalue weighted by molar-refractivity contribution is 6.08. The number of nitrogens with zero attached hydrogens (tertiary/aromatic N) is 3. The average Bonchev–Trinajstić information content (AvgIpc) is 3.53. The third kappa shape index (κ3) is 2.76. The fourth-order valence-corrected chi connectivity index (χ4v) is 6.74. The minimum Gasteiger partial charge on any atom is -0.384 e. The van der Waals surface area contributed by atoms with Crippen LogP contribution in [0.4, 0.5) is 16.2 Å². The van der Waals surface area contributed by atoms with Crippen molar-refractivity contribution in [2.24, 2.45) is 0 Å². The van der Waals surface area contributed by atoms with Gasteiger partial charge in [-0.3, -0.25) is 14.9 Å². The summed E-state index contributed by atoms with van der Waals surface area (Å²) >= 11 is 0. The molecule has 3 aromatic rings. The van der Waals surface area contributed by atoms with Gasteiger partial charge in [0, 0.05) is 62.3 Å². The van der Waals surface area contributed by atoms with Crippen LogP contribution in [0, 0.1) is 0 Å². The summed E-state index contributed by atoms with van der Waals surface area (Å²) in [6.45, 7) is 1.71. The van der Waals surface area contributed by atoms with Crippen molar-refractivity contribution in [3.8, 4) is 0 Å². The molecule has 2 atom stereocenters. The molecule has 7 rings (SSSR count). The normalized spacial score (nSPS) is 23.4. The molecule has 1 aromatic heterocycles. The predicted octanol–water partition coefficient (Wildman–Crippen LogP) is 1.83. The number of anilines is 2. The van der Waals surface area contributed by atoms with Crippen LogP contribution >= 0.6 is 0 Å². The highest BCUT2D eigenvalue weighted by Crippen LogP contribution is 2.50. The lowest BCUT2D eigenvalue weighted by molar-refractivity contribution is -0.125. The van der Waals surface area contributed by atoms with Crippen LogP contribution in [0.25, 0.3) is 11.0 Å². The molecule has 1 fully saturated rings. The van der Waals surface area contributed by atoms with Crippen LogP contribution in [0.3, 0.4) is 0 Å². The van der Waals surface area contributed by atoms with Crippen molar-refractivity contribution in [2.75, 3.05) is 37.5 Å². The number of aromatic amines is 1. The highest BCUT2D eigenvalue weighted by Gasteiger charge is 2.54. The number of amides is 4. The molecule has 10 nitrogen and oxygen atoms in total. The second-order valence-electron chi connectivity index (χ2n) is 10.5. The number of H-pyrrole nitrogens is 1. The number of imidazole rings is 1. The third-order valence-electron chi connectivity index (χ3n) is 8.35. The number of imide groups is 1. The summed E-state index contributed by atoms with van der Waals surface area (Å²) in [7, 11) is 3.36. The number of fused-ring (bicyclic) bond motifs is 2. The van der Waals surface area contributed by atoms with E-state index in [1.165, 1.54) is 4.90 Å². The van der Waals surface area contributed by atoms with Crippen LogP contribution in [0.15, 0.2) is 30.3 Å². The van der Waals surface area contributed by atoms with E-state index in [-0.39, 0.29) is 23.3 Å². The van der Waals surface area contributed by atoms with Crippen molar-refractivity contribution in [2.45, 2.75) is 36.8 Å². The minimum absolute atomic E-state index is 0.0119. The van der Waals surface area contributed by atoms with E-state index in [0.29, 0.717) is 39.0 Å². The average molecular weight is 487 g/mol. The fourth-order valence-electron chi connectivity index (χ4n) is 6.74. The topological polar surface area (TPSA) is 120 Å². The molecule has 4 aliphatic rings. The molecule has 0 saturated carbocycles. The molecular weight excluding hydrogens is 460 g/mol. The lowest BCUT2D eigenvalue weighted by Gasteiger charge is -2.33. The molecule has 2 aromatic carbocycles. The number of carbonyl (C=O) groups is 3. The molecule has 1 spiro atoms. The zero-order valence-electron chi connectivity index (χ0n) is 20.1. The van der Waals surface area contributed by atoms with Gasteiger partial charge in [-0.05, 0) is 35.4 Å². The molecule has 2 unspecified atom stereocenters. The maximum atomic E-state index is 12.6. The number of methoxy groups -OCH3 is 1. The van der Waals surface area contributed by atoms with Gasteiger partial charge in [-0.2, -0.15) is 0 Å². The quantitative estimate of drug-likeness (QED) is 0.484. The van der Waals surface area contributed by atoms with E-state index in [2.05, 4.69) is 32.7 Å². The number of likely N-dealkylation sites (N-methyl/N-ethyl adjacent to an activating group) is 1. The van der Waals surface area contributed by atoms with Crippen molar-refractivity contribution in [3.05, 3.63) is 52.8 Å². The fraction of sp³-hybridized carbons (Fsp3) is 0.385. The Hall–Kier alpha value is -3.92.